The Morgan fingerprint density at radius 2 is 1.89 bits per heavy atom. The average Bonchev–Trinajstić information content (AvgIpc) is 3.06. The molecule has 0 amide bonds. The van der Waals surface area contributed by atoms with Crippen molar-refractivity contribution in [2.24, 2.45) is 0 Å². The molecular formula is C20H20N2O4S. The van der Waals surface area contributed by atoms with Crippen molar-refractivity contribution in [3.8, 4) is 0 Å². The van der Waals surface area contributed by atoms with Crippen LogP contribution in [0.5, 0.6) is 0 Å². The van der Waals surface area contributed by atoms with E-state index < -0.39 is 16.0 Å². The first-order valence-corrected chi connectivity index (χ1v) is 10.3. The Balaban J connectivity index is 1.62. The molecule has 2 heterocycles. The standard InChI is InChI=1S/C20H20N2O4S/c1-2-26-20(23)14-7-9-15(10-8-14)27(24,25)22-12-11-19-17(13-22)16-5-3-4-6-18(16)21-19/h3-10,21H,2,11-13H2,1H3. The first kappa shape index (κ1) is 17.8. The van der Waals surface area contributed by atoms with E-state index in [1.54, 1.807) is 6.92 Å². The van der Waals surface area contributed by atoms with Crippen LogP contribution in [0.4, 0.5) is 0 Å². The highest BCUT2D eigenvalue weighted by molar-refractivity contribution is 7.89. The summed E-state index contributed by atoms with van der Waals surface area (Å²) in [6.07, 6.45) is 0.643. The van der Waals surface area contributed by atoms with Gasteiger partial charge in [-0.15, -0.1) is 0 Å². The number of fused-ring (bicyclic) bond motifs is 3. The van der Waals surface area contributed by atoms with E-state index in [0.29, 0.717) is 25.1 Å². The van der Waals surface area contributed by atoms with Crippen LogP contribution in [0.1, 0.15) is 28.5 Å². The maximum absolute atomic E-state index is 13.1. The van der Waals surface area contributed by atoms with Gasteiger partial charge < -0.3 is 9.72 Å². The zero-order chi connectivity index (χ0) is 19.0. The number of hydrogen-bond donors (Lipinski definition) is 1. The summed E-state index contributed by atoms with van der Waals surface area (Å²) in [5.41, 5.74) is 3.50. The number of para-hydroxylation sites is 1. The number of carbonyl (C=O) groups is 1. The van der Waals surface area contributed by atoms with E-state index in [1.807, 2.05) is 24.3 Å². The second-order valence-corrected chi connectivity index (χ2v) is 8.40. The normalized spacial score (nSPS) is 14.9. The molecule has 0 bridgehead atoms. The van der Waals surface area contributed by atoms with Crippen molar-refractivity contribution in [2.75, 3.05) is 13.2 Å². The lowest BCUT2D eigenvalue weighted by Gasteiger charge is -2.26. The molecule has 0 aliphatic carbocycles. The third-order valence-electron chi connectivity index (χ3n) is 4.85. The number of hydrogen-bond acceptors (Lipinski definition) is 4. The van der Waals surface area contributed by atoms with E-state index in [9.17, 15) is 13.2 Å². The highest BCUT2D eigenvalue weighted by atomic mass is 32.2. The lowest BCUT2D eigenvalue weighted by Crippen LogP contribution is -2.35. The molecule has 3 aromatic rings. The molecule has 1 aliphatic heterocycles. The van der Waals surface area contributed by atoms with Gasteiger partial charge in [0, 0.05) is 36.1 Å². The first-order chi connectivity index (χ1) is 13.0. The van der Waals surface area contributed by atoms with Crippen molar-refractivity contribution in [3.05, 3.63) is 65.4 Å². The van der Waals surface area contributed by atoms with Gasteiger partial charge in [-0.1, -0.05) is 18.2 Å². The Hall–Kier alpha value is -2.64. The fourth-order valence-corrected chi connectivity index (χ4v) is 4.88. The number of ether oxygens (including phenoxy) is 1. The number of esters is 1. The lowest BCUT2D eigenvalue weighted by molar-refractivity contribution is 0.0526. The SMILES string of the molecule is CCOC(=O)c1ccc(S(=O)(=O)N2CCc3[nH]c4ccccc4c3C2)cc1. The maximum atomic E-state index is 13.1. The van der Waals surface area contributed by atoms with Crippen LogP contribution in [-0.2, 0) is 27.7 Å². The molecule has 0 atom stereocenters. The predicted octanol–water partition coefficient (Wildman–Crippen LogP) is 3.09. The Bertz CT molecular complexity index is 1100. The molecule has 0 radical (unpaired) electrons. The molecule has 140 valence electrons. The highest BCUT2D eigenvalue weighted by Gasteiger charge is 2.30. The summed E-state index contributed by atoms with van der Waals surface area (Å²) in [7, 11) is -3.64. The summed E-state index contributed by atoms with van der Waals surface area (Å²) in [5.74, 6) is -0.456. The molecule has 1 aliphatic rings. The van der Waals surface area contributed by atoms with Gasteiger partial charge in [-0.3, -0.25) is 0 Å². The fraction of sp³-hybridized carbons (Fsp3) is 0.250. The lowest BCUT2D eigenvalue weighted by atomic mass is 10.1. The summed E-state index contributed by atoms with van der Waals surface area (Å²) in [6.45, 7) is 2.76. The number of sulfonamides is 1. The minimum absolute atomic E-state index is 0.179. The summed E-state index contributed by atoms with van der Waals surface area (Å²) >= 11 is 0. The largest absolute Gasteiger partial charge is 0.462 e. The number of aromatic nitrogens is 1. The van der Waals surface area contributed by atoms with Gasteiger partial charge in [0.25, 0.3) is 0 Å². The molecule has 1 N–H and O–H groups in total. The maximum Gasteiger partial charge on any atom is 0.338 e. The van der Waals surface area contributed by atoms with E-state index >= 15 is 0 Å². The molecule has 7 heteroatoms. The van der Waals surface area contributed by atoms with Crippen LogP contribution in [0.25, 0.3) is 10.9 Å². The summed E-state index contributed by atoms with van der Waals surface area (Å²) in [5, 5.41) is 1.06. The highest BCUT2D eigenvalue weighted by Crippen LogP contribution is 2.30. The minimum Gasteiger partial charge on any atom is -0.462 e. The number of nitrogens with zero attached hydrogens (tertiary/aromatic N) is 1. The number of benzene rings is 2. The number of H-pyrrole nitrogens is 1. The van der Waals surface area contributed by atoms with E-state index in [0.717, 1.165) is 22.2 Å². The van der Waals surface area contributed by atoms with Crippen molar-refractivity contribution in [1.29, 1.82) is 0 Å². The van der Waals surface area contributed by atoms with Gasteiger partial charge in [-0.2, -0.15) is 4.31 Å². The van der Waals surface area contributed by atoms with Crippen molar-refractivity contribution in [2.45, 2.75) is 24.8 Å². The average molecular weight is 384 g/mol. The van der Waals surface area contributed by atoms with E-state index in [2.05, 4.69) is 4.98 Å². The number of carbonyl (C=O) groups excluding carboxylic acids is 1. The van der Waals surface area contributed by atoms with Gasteiger partial charge in [-0.25, -0.2) is 13.2 Å². The first-order valence-electron chi connectivity index (χ1n) is 8.86. The summed E-state index contributed by atoms with van der Waals surface area (Å²) in [6, 6.07) is 13.8. The van der Waals surface area contributed by atoms with Crippen LogP contribution in [0.2, 0.25) is 0 Å². The molecule has 0 saturated heterocycles. The van der Waals surface area contributed by atoms with E-state index in [1.165, 1.54) is 28.6 Å². The van der Waals surface area contributed by atoms with Crippen LogP contribution >= 0.6 is 0 Å². The second-order valence-electron chi connectivity index (χ2n) is 6.46. The van der Waals surface area contributed by atoms with Crippen LogP contribution in [0.3, 0.4) is 0 Å². The van der Waals surface area contributed by atoms with E-state index in [4.69, 9.17) is 4.74 Å². The predicted molar refractivity (Wildman–Crippen MR) is 102 cm³/mol. The Kier molecular flexibility index (Phi) is 4.49. The van der Waals surface area contributed by atoms with Crippen molar-refractivity contribution >= 4 is 26.9 Å². The number of rotatable bonds is 4. The Labute approximate surface area is 157 Å². The van der Waals surface area contributed by atoms with Gasteiger partial charge in [-0.05, 0) is 42.8 Å². The van der Waals surface area contributed by atoms with Crippen LogP contribution < -0.4 is 0 Å². The molecule has 0 fully saturated rings. The topological polar surface area (TPSA) is 79.5 Å². The smallest absolute Gasteiger partial charge is 0.338 e. The molecule has 0 unspecified atom stereocenters. The van der Waals surface area contributed by atoms with E-state index in [-0.39, 0.29) is 11.5 Å². The molecule has 0 spiro atoms. The van der Waals surface area contributed by atoms with Crippen LogP contribution in [0, 0.1) is 0 Å². The third kappa shape index (κ3) is 3.13. The zero-order valence-electron chi connectivity index (χ0n) is 14.9. The second kappa shape index (κ2) is 6.83. The summed E-state index contributed by atoms with van der Waals surface area (Å²) < 4.78 is 32.6. The zero-order valence-corrected chi connectivity index (χ0v) is 15.8. The monoisotopic (exact) mass is 384 g/mol. The molecule has 2 aromatic carbocycles. The molecule has 1 aromatic heterocycles. The van der Waals surface area contributed by atoms with Gasteiger partial charge in [0.1, 0.15) is 0 Å². The van der Waals surface area contributed by atoms with Crippen molar-refractivity contribution in [1.82, 2.24) is 9.29 Å². The Morgan fingerprint density at radius 1 is 1.15 bits per heavy atom. The number of aromatic amines is 1. The molecule has 27 heavy (non-hydrogen) atoms. The summed E-state index contributed by atoms with van der Waals surface area (Å²) in [4.78, 5) is 15.3. The van der Waals surface area contributed by atoms with Gasteiger partial charge in [0.2, 0.25) is 10.0 Å². The number of nitrogens with one attached hydrogen (secondary N) is 1. The molecular weight excluding hydrogens is 364 g/mol. The fourth-order valence-electron chi connectivity index (χ4n) is 3.47. The van der Waals surface area contributed by atoms with Crippen LogP contribution in [0.15, 0.2) is 53.4 Å². The van der Waals surface area contributed by atoms with Crippen molar-refractivity contribution in [3.63, 3.8) is 0 Å². The minimum atomic E-state index is -3.64. The Morgan fingerprint density at radius 3 is 2.63 bits per heavy atom. The molecule has 6 nitrogen and oxygen atoms in total. The van der Waals surface area contributed by atoms with Gasteiger partial charge >= 0.3 is 5.97 Å². The quantitative estimate of drug-likeness (QED) is 0.701. The third-order valence-corrected chi connectivity index (χ3v) is 6.71. The molecule has 0 saturated carbocycles. The van der Waals surface area contributed by atoms with Crippen molar-refractivity contribution < 1.29 is 17.9 Å². The van der Waals surface area contributed by atoms with Crippen LogP contribution in [-0.4, -0.2) is 36.8 Å². The van der Waals surface area contributed by atoms with Gasteiger partial charge in [0.15, 0.2) is 0 Å². The molecule has 4 rings (SSSR count). The van der Waals surface area contributed by atoms with Gasteiger partial charge in [0.05, 0.1) is 17.1 Å².